The second kappa shape index (κ2) is 7.81. The van der Waals surface area contributed by atoms with Crippen LogP contribution in [-0.4, -0.2) is 56.9 Å². The Hall–Kier alpha value is -2.77. The molecule has 1 aromatic carbocycles. The zero-order valence-electron chi connectivity index (χ0n) is 16.7. The third-order valence-electron chi connectivity index (χ3n) is 5.98. The molecule has 1 fully saturated rings. The molecule has 3 aromatic rings. The fraction of sp³-hybridized carbons (Fsp3) is 0.364. The fourth-order valence-corrected chi connectivity index (χ4v) is 4.63. The van der Waals surface area contributed by atoms with E-state index in [1.165, 1.54) is 0 Å². The maximum absolute atomic E-state index is 12.8. The third kappa shape index (κ3) is 3.38. The van der Waals surface area contributed by atoms with Crippen molar-refractivity contribution in [2.75, 3.05) is 20.2 Å². The molecule has 2 aliphatic heterocycles. The molecule has 0 spiro atoms. The zero-order valence-corrected chi connectivity index (χ0v) is 17.4. The van der Waals surface area contributed by atoms with Gasteiger partial charge in [-0.2, -0.15) is 0 Å². The van der Waals surface area contributed by atoms with Crippen LogP contribution in [0.25, 0.3) is 5.69 Å². The summed E-state index contributed by atoms with van der Waals surface area (Å²) in [6, 6.07) is 9.51. The Morgan fingerprint density at radius 3 is 2.93 bits per heavy atom. The normalized spacial score (nSPS) is 20.5. The highest BCUT2D eigenvalue weighted by atomic mass is 35.5. The highest BCUT2D eigenvalue weighted by Crippen LogP contribution is 2.33. The first kappa shape index (κ1) is 19.2. The molecule has 0 radical (unpaired) electrons. The molecule has 154 valence electrons. The predicted molar refractivity (Wildman–Crippen MR) is 112 cm³/mol. The number of hydrogen-bond donors (Lipinski definition) is 0. The van der Waals surface area contributed by atoms with Crippen LogP contribution in [0, 0.1) is 0 Å². The lowest BCUT2D eigenvalue weighted by molar-refractivity contribution is 0.0790. The first-order chi connectivity index (χ1) is 14.6. The summed E-state index contributed by atoms with van der Waals surface area (Å²) >= 11 is 6.27. The summed E-state index contributed by atoms with van der Waals surface area (Å²) in [7, 11) is 1.72. The zero-order chi connectivity index (χ0) is 20.7. The van der Waals surface area contributed by atoms with Crippen LogP contribution < -0.4 is 0 Å². The smallest absolute Gasteiger partial charge is 0.255 e. The van der Waals surface area contributed by atoms with E-state index in [-0.39, 0.29) is 17.9 Å². The molecular formula is C22H22ClN5O2. The van der Waals surface area contributed by atoms with E-state index >= 15 is 0 Å². The number of hydrogen-bond acceptors (Lipinski definition) is 5. The minimum atomic E-state index is 0.00725. The highest BCUT2D eigenvalue weighted by Gasteiger charge is 2.34. The van der Waals surface area contributed by atoms with Crippen molar-refractivity contribution in [2.24, 2.45) is 0 Å². The Labute approximate surface area is 179 Å². The van der Waals surface area contributed by atoms with Crippen LogP contribution in [-0.2, 0) is 17.6 Å². The van der Waals surface area contributed by atoms with Gasteiger partial charge in [-0.25, -0.2) is 0 Å². The van der Waals surface area contributed by atoms with Crippen LogP contribution in [0.15, 0.2) is 42.7 Å². The van der Waals surface area contributed by atoms with Gasteiger partial charge in [0.05, 0.1) is 17.4 Å². The molecule has 2 aliphatic rings. The third-order valence-corrected chi connectivity index (χ3v) is 6.21. The largest absolute Gasteiger partial charge is 0.381 e. The molecule has 1 saturated heterocycles. The highest BCUT2D eigenvalue weighted by molar-refractivity contribution is 6.30. The average Bonchev–Trinajstić information content (AvgIpc) is 3.38. The van der Waals surface area contributed by atoms with Gasteiger partial charge in [-0.05, 0) is 42.3 Å². The van der Waals surface area contributed by atoms with Crippen molar-refractivity contribution < 1.29 is 9.53 Å². The molecule has 30 heavy (non-hydrogen) atoms. The summed E-state index contributed by atoms with van der Waals surface area (Å²) < 4.78 is 7.82. The topological polar surface area (TPSA) is 73.1 Å². The van der Waals surface area contributed by atoms with Crippen molar-refractivity contribution in [3.63, 3.8) is 0 Å². The molecule has 0 saturated carbocycles. The molecule has 8 heteroatoms. The van der Waals surface area contributed by atoms with Crippen LogP contribution in [0.5, 0.6) is 0 Å². The van der Waals surface area contributed by atoms with Crippen molar-refractivity contribution in [2.45, 2.75) is 31.3 Å². The van der Waals surface area contributed by atoms with Gasteiger partial charge in [0.2, 0.25) is 0 Å². The maximum Gasteiger partial charge on any atom is 0.255 e. The van der Waals surface area contributed by atoms with Gasteiger partial charge < -0.3 is 9.64 Å². The van der Waals surface area contributed by atoms with E-state index in [1.807, 2.05) is 23.1 Å². The number of nitrogens with zero attached hydrogens (tertiary/aromatic N) is 5. The molecule has 0 N–H and O–H groups in total. The summed E-state index contributed by atoms with van der Waals surface area (Å²) in [5, 5.41) is 9.75. The monoisotopic (exact) mass is 423 g/mol. The van der Waals surface area contributed by atoms with E-state index in [2.05, 4.69) is 19.7 Å². The Bertz CT molecular complexity index is 1080. The molecule has 5 rings (SSSR count). The molecule has 4 heterocycles. The van der Waals surface area contributed by atoms with Crippen LogP contribution in [0.2, 0.25) is 5.02 Å². The van der Waals surface area contributed by atoms with Crippen molar-refractivity contribution in [1.82, 2.24) is 24.6 Å². The molecule has 7 nitrogen and oxygen atoms in total. The number of halogens is 1. The molecular weight excluding hydrogens is 402 g/mol. The van der Waals surface area contributed by atoms with Crippen LogP contribution in [0.4, 0.5) is 0 Å². The lowest BCUT2D eigenvalue weighted by Crippen LogP contribution is -2.28. The predicted octanol–water partition coefficient (Wildman–Crippen LogP) is 3.06. The minimum absolute atomic E-state index is 0.00725. The second-order valence-electron chi connectivity index (χ2n) is 7.83. The van der Waals surface area contributed by atoms with Crippen molar-refractivity contribution in [3.05, 3.63) is 70.5 Å². The summed E-state index contributed by atoms with van der Waals surface area (Å²) in [5.41, 5.74) is 2.78. The van der Waals surface area contributed by atoms with E-state index in [1.54, 1.807) is 31.6 Å². The number of aromatic nitrogens is 4. The van der Waals surface area contributed by atoms with Gasteiger partial charge in [0.25, 0.3) is 5.91 Å². The summed E-state index contributed by atoms with van der Waals surface area (Å²) in [6.07, 6.45) is 5.61. The number of carbonyl (C=O) groups is 1. The number of fused-ring (bicyclic) bond motifs is 3. The Morgan fingerprint density at radius 2 is 2.13 bits per heavy atom. The minimum Gasteiger partial charge on any atom is -0.381 e. The Morgan fingerprint density at radius 1 is 1.23 bits per heavy atom. The number of carbonyl (C=O) groups excluding carboxylic acids is 1. The first-order valence-electron chi connectivity index (χ1n) is 10.1. The van der Waals surface area contributed by atoms with Gasteiger partial charge in [-0.3, -0.25) is 14.3 Å². The molecule has 0 aliphatic carbocycles. The van der Waals surface area contributed by atoms with E-state index in [0.717, 1.165) is 35.7 Å². The molecule has 1 amide bonds. The molecule has 2 aromatic heterocycles. The van der Waals surface area contributed by atoms with Crippen LogP contribution >= 0.6 is 11.6 Å². The lowest BCUT2D eigenvalue weighted by Gasteiger charge is -2.17. The molecule has 2 atom stereocenters. The number of pyridine rings is 1. The standard InChI is InChI=1S/C22H22ClN5O2/c1-30-18-10-16-9-17(23)4-5-19(16)28-20(11-18)25-26-21(28)15-6-8-27(13-15)22(29)14-3-2-7-24-12-14/h2-5,7,9,12,15,18H,6,8,10-11,13H2,1H3. The van der Waals surface area contributed by atoms with Gasteiger partial charge in [0.1, 0.15) is 11.6 Å². The van der Waals surface area contributed by atoms with Crippen LogP contribution in [0.3, 0.4) is 0 Å². The van der Waals surface area contributed by atoms with E-state index < -0.39 is 0 Å². The fourth-order valence-electron chi connectivity index (χ4n) is 4.44. The number of amides is 1. The number of ether oxygens (including phenoxy) is 1. The van der Waals surface area contributed by atoms with Crippen LogP contribution in [0.1, 0.15) is 39.9 Å². The number of methoxy groups -OCH3 is 1. The quantitative estimate of drug-likeness (QED) is 0.647. The molecule has 0 bridgehead atoms. The average molecular weight is 424 g/mol. The number of rotatable bonds is 3. The summed E-state index contributed by atoms with van der Waals surface area (Å²) in [4.78, 5) is 18.8. The SMILES string of the molecule is COC1Cc2cc(Cl)ccc2-n2c(nnc2C2CCN(C(=O)c3cccnc3)C2)C1. The van der Waals surface area contributed by atoms with E-state index in [9.17, 15) is 4.79 Å². The second-order valence-corrected chi connectivity index (χ2v) is 8.26. The number of benzene rings is 1. The Kier molecular flexibility index (Phi) is 5.00. The van der Waals surface area contributed by atoms with Crippen molar-refractivity contribution in [3.8, 4) is 5.69 Å². The lowest BCUT2D eigenvalue weighted by atomic mass is 10.0. The summed E-state index contributed by atoms with van der Waals surface area (Å²) in [5.74, 6) is 1.91. The van der Waals surface area contributed by atoms with Crippen molar-refractivity contribution in [1.29, 1.82) is 0 Å². The van der Waals surface area contributed by atoms with E-state index in [4.69, 9.17) is 16.3 Å². The number of likely N-dealkylation sites (tertiary alicyclic amines) is 1. The maximum atomic E-state index is 12.8. The molecule has 2 unspecified atom stereocenters. The first-order valence-corrected chi connectivity index (χ1v) is 10.5. The van der Waals surface area contributed by atoms with Crippen molar-refractivity contribution >= 4 is 17.5 Å². The van der Waals surface area contributed by atoms with Gasteiger partial charge in [0.15, 0.2) is 0 Å². The van der Waals surface area contributed by atoms with Gasteiger partial charge in [-0.15, -0.1) is 10.2 Å². The van der Waals surface area contributed by atoms with E-state index in [0.29, 0.717) is 30.1 Å². The summed E-state index contributed by atoms with van der Waals surface area (Å²) in [6.45, 7) is 1.30. The van der Waals surface area contributed by atoms with Gasteiger partial charge in [0, 0.05) is 56.4 Å². The van der Waals surface area contributed by atoms with Gasteiger partial charge in [-0.1, -0.05) is 11.6 Å². The van der Waals surface area contributed by atoms with Gasteiger partial charge >= 0.3 is 0 Å². The Balaban J connectivity index is 1.48.